The molecule has 0 atom stereocenters. The number of carbonyl (C=O) groups is 1. The molecule has 0 fully saturated rings. The van der Waals surface area contributed by atoms with Gasteiger partial charge in [-0.3, -0.25) is 4.79 Å². The van der Waals surface area contributed by atoms with E-state index in [0.29, 0.717) is 0 Å². The summed E-state index contributed by atoms with van der Waals surface area (Å²) in [6.45, 7) is 2.26. The van der Waals surface area contributed by atoms with Gasteiger partial charge in [-0.2, -0.15) is 0 Å². The normalized spacial score (nSPS) is 12.1. The second-order valence-corrected chi connectivity index (χ2v) is 5.47. The SMILES string of the molecule is CCCCCCCCCCCC=CC=CC=CC(=O)Cl. The quantitative estimate of drug-likeness (QED) is 0.168. The molecule has 0 aromatic carbocycles. The summed E-state index contributed by atoms with van der Waals surface area (Å²) in [5.41, 5.74) is 0. The van der Waals surface area contributed by atoms with Gasteiger partial charge in [0.25, 0.3) is 0 Å². The maximum Gasteiger partial charge on any atom is 0.245 e. The van der Waals surface area contributed by atoms with Crippen LogP contribution in [0, 0.1) is 0 Å². The average Bonchev–Trinajstić information content (AvgIpc) is 2.43. The summed E-state index contributed by atoms with van der Waals surface area (Å²) in [5, 5.41) is -0.437. The van der Waals surface area contributed by atoms with Crippen LogP contribution in [0.3, 0.4) is 0 Å². The Morgan fingerprint density at radius 1 is 0.800 bits per heavy atom. The Labute approximate surface area is 129 Å². The molecule has 0 aromatic heterocycles. The standard InChI is InChI=1S/C18H29ClO/c1-2-3-4-5-6-7-8-9-10-11-12-13-14-15-16-17-18(19)20/h12-17H,2-11H2,1H3. The Hall–Kier alpha value is -0.820. The highest BCUT2D eigenvalue weighted by Gasteiger charge is 1.90. The molecule has 0 unspecified atom stereocenters. The van der Waals surface area contributed by atoms with Crippen LogP contribution in [0.1, 0.15) is 71.1 Å². The van der Waals surface area contributed by atoms with E-state index >= 15 is 0 Å². The van der Waals surface area contributed by atoms with E-state index in [4.69, 9.17) is 11.6 Å². The number of unbranched alkanes of at least 4 members (excludes halogenated alkanes) is 9. The van der Waals surface area contributed by atoms with Crippen LogP contribution in [0.15, 0.2) is 36.5 Å². The molecule has 0 saturated carbocycles. The molecule has 0 heterocycles. The minimum Gasteiger partial charge on any atom is -0.276 e. The molecule has 114 valence electrons. The average molecular weight is 297 g/mol. The Morgan fingerprint density at radius 2 is 1.35 bits per heavy atom. The second kappa shape index (κ2) is 16.2. The van der Waals surface area contributed by atoms with E-state index in [2.05, 4.69) is 13.0 Å². The first kappa shape index (κ1) is 19.2. The van der Waals surface area contributed by atoms with Gasteiger partial charge in [0.05, 0.1) is 0 Å². The predicted molar refractivity (Wildman–Crippen MR) is 90.1 cm³/mol. The van der Waals surface area contributed by atoms with E-state index < -0.39 is 5.24 Å². The summed E-state index contributed by atoms with van der Waals surface area (Å²) in [6, 6.07) is 0. The monoisotopic (exact) mass is 296 g/mol. The highest BCUT2D eigenvalue weighted by Crippen LogP contribution is 2.10. The zero-order valence-corrected chi connectivity index (χ0v) is 13.6. The van der Waals surface area contributed by atoms with Crippen molar-refractivity contribution in [2.24, 2.45) is 0 Å². The molecule has 1 nitrogen and oxygen atoms in total. The summed E-state index contributed by atoms with van der Waals surface area (Å²) >= 11 is 5.16. The molecule has 0 N–H and O–H groups in total. The maximum atomic E-state index is 10.4. The van der Waals surface area contributed by atoms with Gasteiger partial charge < -0.3 is 0 Å². The van der Waals surface area contributed by atoms with E-state index in [9.17, 15) is 4.79 Å². The number of allylic oxidation sites excluding steroid dienone is 6. The molecule has 2 heteroatoms. The molecule has 0 aromatic rings. The molecule has 0 spiro atoms. The topological polar surface area (TPSA) is 17.1 Å². The number of carbonyl (C=O) groups excluding carboxylic acids is 1. The first-order valence-corrected chi connectivity index (χ1v) is 8.34. The largest absolute Gasteiger partial charge is 0.276 e. The second-order valence-electron chi connectivity index (χ2n) is 5.09. The fourth-order valence-electron chi connectivity index (χ4n) is 2.01. The van der Waals surface area contributed by atoms with E-state index in [1.54, 1.807) is 6.08 Å². The van der Waals surface area contributed by atoms with Crippen molar-refractivity contribution in [1.29, 1.82) is 0 Å². The van der Waals surface area contributed by atoms with Crippen molar-refractivity contribution < 1.29 is 4.79 Å². The van der Waals surface area contributed by atoms with Gasteiger partial charge in [-0.05, 0) is 30.5 Å². The number of rotatable bonds is 13. The number of halogens is 1. The van der Waals surface area contributed by atoms with Gasteiger partial charge in [-0.1, -0.05) is 88.7 Å². The minimum absolute atomic E-state index is 0.437. The van der Waals surface area contributed by atoms with Gasteiger partial charge in [0.2, 0.25) is 5.24 Å². The minimum atomic E-state index is -0.437. The highest BCUT2D eigenvalue weighted by atomic mass is 35.5. The molecule has 0 bridgehead atoms. The molecule has 0 radical (unpaired) electrons. The van der Waals surface area contributed by atoms with Crippen LogP contribution in [0.5, 0.6) is 0 Å². The van der Waals surface area contributed by atoms with Crippen LogP contribution in [-0.4, -0.2) is 5.24 Å². The van der Waals surface area contributed by atoms with Gasteiger partial charge in [-0.15, -0.1) is 0 Å². The lowest BCUT2D eigenvalue weighted by Crippen LogP contribution is -1.80. The fourth-order valence-corrected chi connectivity index (χ4v) is 2.08. The molecule has 0 rings (SSSR count). The molecule has 0 aliphatic heterocycles. The highest BCUT2D eigenvalue weighted by molar-refractivity contribution is 6.66. The van der Waals surface area contributed by atoms with Gasteiger partial charge in [0.1, 0.15) is 0 Å². The molecule has 0 aliphatic carbocycles. The van der Waals surface area contributed by atoms with Crippen molar-refractivity contribution in [2.45, 2.75) is 71.1 Å². The lowest BCUT2D eigenvalue weighted by atomic mass is 10.1. The van der Waals surface area contributed by atoms with E-state index in [1.165, 1.54) is 63.9 Å². The van der Waals surface area contributed by atoms with Crippen molar-refractivity contribution >= 4 is 16.8 Å². The van der Waals surface area contributed by atoms with Crippen LogP contribution < -0.4 is 0 Å². The third kappa shape index (κ3) is 17.2. The molecule has 0 amide bonds. The Morgan fingerprint density at radius 3 is 1.95 bits per heavy atom. The molecule has 0 saturated heterocycles. The lowest BCUT2D eigenvalue weighted by molar-refractivity contribution is -0.107. The zero-order chi connectivity index (χ0) is 14.9. The third-order valence-corrected chi connectivity index (χ3v) is 3.30. The Bertz CT molecular complexity index is 303. The predicted octanol–water partition coefficient (Wildman–Crippen LogP) is 6.34. The van der Waals surface area contributed by atoms with Gasteiger partial charge >= 0.3 is 0 Å². The molecular weight excluding hydrogens is 268 g/mol. The number of hydrogen-bond acceptors (Lipinski definition) is 1. The summed E-state index contributed by atoms with van der Waals surface area (Å²) in [4.78, 5) is 10.4. The van der Waals surface area contributed by atoms with Crippen LogP contribution in [0.25, 0.3) is 0 Å². The molecule has 0 aliphatic rings. The van der Waals surface area contributed by atoms with E-state index in [-0.39, 0.29) is 0 Å². The summed E-state index contributed by atoms with van der Waals surface area (Å²) in [7, 11) is 0. The molecular formula is C18H29ClO. The smallest absolute Gasteiger partial charge is 0.245 e. The Kier molecular flexibility index (Phi) is 15.6. The van der Waals surface area contributed by atoms with Crippen molar-refractivity contribution in [3.8, 4) is 0 Å². The third-order valence-electron chi connectivity index (χ3n) is 3.17. The summed E-state index contributed by atoms with van der Waals surface area (Å²) in [5.74, 6) is 0. The van der Waals surface area contributed by atoms with Crippen molar-refractivity contribution in [3.05, 3.63) is 36.5 Å². The first-order chi connectivity index (χ1) is 9.77. The summed E-state index contributed by atoms with van der Waals surface area (Å²) in [6.07, 6.45) is 24.4. The first-order valence-electron chi connectivity index (χ1n) is 7.96. The van der Waals surface area contributed by atoms with Crippen LogP contribution in [-0.2, 0) is 4.79 Å². The maximum absolute atomic E-state index is 10.4. The summed E-state index contributed by atoms with van der Waals surface area (Å²) < 4.78 is 0. The number of hydrogen-bond donors (Lipinski definition) is 0. The van der Waals surface area contributed by atoms with Gasteiger partial charge in [0, 0.05) is 0 Å². The van der Waals surface area contributed by atoms with E-state index in [0.717, 1.165) is 6.42 Å². The van der Waals surface area contributed by atoms with Crippen molar-refractivity contribution in [2.75, 3.05) is 0 Å². The fraction of sp³-hybridized carbons (Fsp3) is 0.611. The molecule has 20 heavy (non-hydrogen) atoms. The van der Waals surface area contributed by atoms with Gasteiger partial charge in [0.15, 0.2) is 0 Å². The van der Waals surface area contributed by atoms with Gasteiger partial charge in [-0.25, -0.2) is 0 Å². The Balaban J connectivity index is 3.25. The van der Waals surface area contributed by atoms with Crippen LogP contribution >= 0.6 is 11.6 Å². The lowest BCUT2D eigenvalue weighted by Gasteiger charge is -2.00. The van der Waals surface area contributed by atoms with Crippen molar-refractivity contribution in [3.63, 3.8) is 0 Å². The van der Waals surface area contributed by atoms with E-state index in [1.807, 2.05) is 18.2 Å². The van der Waals surface area contributed by atoms with Crippen LogP contribution in [0.2, 0.25) is 0 Å². The van der Waals surface area contributed by atoms with Crippen LogP contribution in [0.4, 0.5) is 0 Å². The van der Waals surface area contributed by atoms with Crippen molar-refractivity contribution in [1.82, 2.24) is 0 Å². The zero-order valence-electron chi connectivity index (χ0n) is 12.8.